The molecule has 0 fully saturated rings. The molecule has 0 radical (unpaired) electrons. The van der Waals surface area contributed by atoms with Crippen LogP contribution in [0.25, 0.3) is 33.5 Å². The highest BCUT2D eigenvalue weighted by Crippen LogP contribution is 2.32. The molecule has 5 aromatic heterocycles. The van der Waals surface area contributed by atoms with Crippen molar-refractivity contribution in [1.29, 1.82) is 0 Å². The van der Waals surface area contributed by atoms with Crippen molar-refractivity contribution >= 4 is 27.8 Å². The third kappa shape index (κ3) is 3.76. The van der Waals surface area contributed by atoms with Crippen LogP contribution in [0.5, 0.6) is 5.88 Å². The second-order valence-corrected chi connectivity index (χ2v) is 7.36. The van der Waals surface area contributed by atoms with Gasteiger partial charge >= 0.3 is 0 Å². The fourth-order valence-electron chi connectivity index (χ4n) is 3.68. The van der Waals surface area contributed by atoms with Gasteiger partial charge in [0.25, 0.3) is 5.56 Å². The van der Waals surface area contributed by atoms with Gasteiger partial charge in [0, 0.05) is 38.8 Å². The van der Waals surface area contributed by atoms with Crippen LogP contribution in [-0.2, 0) is 11.8 Å². The Morgan fingerprint density at radius 3 is 2.73 bits per heavy atom. The normalized spacial score (nSPS) is 12.3. The Labute approximate surface area is 187 Å². The maximum absolute atomic E-state index is 13.2. The van der Waals surface area contributed by atoms with E-state index in [4.69, 9.17) is 9.47 Å². The van der Waals surface area contributed by atoms with Crippen molar-refractivity contribution < 1.29 is 9.47 Å². The number of anilines is 1. The second-order valence-electron chi connectivity index (χ2n) is 7.36. The Morgan fingerprint density at radius 2 is 1.97 bits per heavy atom. The molecule has 12 heteroatoms. The number of methoxy groups -OCH3 is 2. The van der Waals surface area contributed by atoms with Crippen LogP contribution in [0.15, 0.2) is 41.7 Å². The number of aromatic amines is 2. The molecule has 3 N–H and O–H groups in total. The molecule has 0 aromatic carbocycles. The van der Waals surface area contributed by atoms with E-state index in [1.165, 1.54) is 7.11 Å². The summed E-state index contributed by atoms with van der Waals surface area (Å²) in [5, 5.41) is 7.94. The summed E-state index contributed by atoms with van der Waals surface area (Å²) < 4.78 is 12.2. The zero-order chi connectivity index (χ0) is 22.9. The molecule has 0 bridgehead atoms. The molecule has 0 aliphatic heterocycles. The molecule has 5 rings (SSSR count). The summed E-state index contributed by atoms with van der Waals surface area (Å²) in [5.41, 5.74) is 2.89. The van der Waals surface area contributed by atoms with Gasteiger partial charge in [-0.15, -0.1) is 0 Å². The standard InChI is InChI=1S/C21H21N9O3/c1-30-9-13-17(29-30)18(25-14(10-32-2)19-22-5-4-6-23-19)16(21(31)28-13)20-26-11-7-15(33-3)24-8-12(11)27-20/h4-9,14,25H,10H2,1-3H3,(H,26,27)(H,28,31)/t14-/m0/s1. The summed E-state index contributed by atoms with van der Waals surface area (Å²) in [6.07, 6.45) is 6.63. The van der Waals surface area contributed by atoms with Crippen LogP contribution in [0.4, 0.5) is 5.69 Å². The van der Waals surface area contributed by atoms with E-state index in [0.29, 0.717) is 50.8 Å². The molecule has 0 aliphatic rings. The summed E-state index contributed by atoms with van der Waals surface area (Å²) in [6, 6.07) is 3.02. The van der Waals surface area contributed by atoms with E-state index in [9.17, 15) is 4.79 Å². The number of hydrogen-bond donors (Lipinski definition) is 3. The SMILES string of the molecule is COC[C@H](Nc1c(-c2nc3cnc(OC)cc3[nH]2)c(=O)[nH]c2cn(C)nc12)c1ncccn1. The third-order valence-corrected chi connectivity index (χ3v) is 5.13. The zero-order valence-electron chi connectivity index (χ0n) is 18.2. The summed E-state index contributed by atoms with van der Waals surface area (Å²) in [7, 11) is 4.91. The van der Waals surface area contributed by atoms with E-state index < -0.39 is 6.04 Å². The molecule has 0 saturated carbocycles. The van der Waals surface area contributed by atoms with E-state index in [2.05, 4.69) is 40.3 Å². The molecule has 0 spiro atoms. The number of pyridine rings is 2. The average Bonchev–Trinajstić information content (AvgIpc) is 3.40. The highest BCUT2D eigenvalue weighted by Gasteiger charge is 2.24. The van der Waals surface area contributed by atoms with E-state index in [-0.39, 0.29) is 12.2 Å². The van der Waals surface area contributed by atoms with Crippen LogP contribution in [0.2, 0.25) is 0 Å². The summed E-state index contributed by atoms with van der Waals surface area (Å²) in [4.78, 5) is 36.8. The zero-order valence-corrected chi connectivity index (χ0v) is 18.2. The highest BCUT2D eigenvalue weighted by molar-refractivity contribution is 5.96. The van der Waals surface area contributed by atoms with E-state index in [1.54, 1.807) is 55.8 Å². The first kappa shape index (κ1) is 20.6. The number of ether oxygens (including phenoxy) is 2. The van der Waals surface area contributed by atoms with Gasteiger partial charge in [-0.1, -0.05) is 0 Å². The topological polar surface area (TPSA) is 149 Å². The number of nitrogens with zero attached hydrogens (tertiary/aromatic N) is 6. The third-order valence-electron chi connectivity index (χ3n) is 5.13. The van der Waals surface area contributed by atoms with Gasteiger partial charge in [-0.3, -0.25) is 9.48 Å². The number of imidazole rings is 1. The number of rotatable bonds is 7. The van der Waals surface area contributed by atoms with Gasteiger partial charge in [-0.25, -0.2) is 19.9 Å². The lowest BCUT2D eigenvalue weighted by atomic mass is 10.1. The minimum absolute atomic E-state index is 0.270. The number of H-pyrrole nitrogens is 2. The van der Waals surface area contributed by atoms with Crippen LogP contribution in [0.1, 0.15) is 11.9 Å². The minimum atomic E-state index is -0.437. The Hall–Kier alpha value is -4.32. The molecule has 12 nitrogen and oxygen atoms in total. The maximum Gasteiger partial charge on any atom is 0.261 e. The minimum Gasteiger partial charge on any atom is -0.481 e. The van der Waals surface area contributed by atoms with Crippen LogP contribution in [0.3, 0.4) is 0 Å². The summed E-state index contributed by atoms with van der Waals surface area (Å²) in [5.74, 6) is 1.32. The molecule has 0 saturated heterocycles. The monoisotopic (exact) mass is 447 g/mol. The maximum atomic E-state index is 13.2. The number of aromatic nitrogens is 8. The second kappa shape index (κ2) is 8.31. The Bertz CT molecular complexity index is 1490. The fraction of sp³-hybridized carbons (Fsp3) is 0.238. The van der Waals surface area contributed by atoms with Crippen molar-refractivity contribution in [2.45, 2.75) is 6.04 Å². The van der Waals surface area contributed by atoms with Crippen molar-refractivity contribution in [3.05, 3.63) is 53.1 Å². The van der Waals surface area contributed by atoms with Crippen molar-refractivity contribution in [3.63, 3.8) is 0 Å². The largest absolute Gasteiger partial charge is 0.481 e. The molecule has 5 aromatic rings. The number of aryl methyl sites for hydroxylation is 1. The molecular weight excluding hydrogens is 426 g/mol. The smallest absolute Gasteiger partial charge is 0.261 e. The quantitative estimate of drug-likeness (QED) is 0.339. The van der Waals surface area contributed by atoms with Crippen molar-refractivity contribution in [2.24, 2.45) is 7.05 Å². The van der Waals surface area contributed by atoms with E-state index in [1.807, 2.05) is 0 Å². The Balaban J connectivity index is 1.71. The summed E-state index contributed by atoms with van der Waals surface area (Å²) >= 11 is 0. The number of hydrogen-bond acceptors (Lipinski definition) is 9. The first-order valence-corrected chi connectivity index (χ1v) is 10.1. The molecular formula is C21H21N9O3. The van der Waals surface area contributed by atoms with Gasteiger partial charge in [-0.05, 0) is 6.07 Å². The number of fused-ring (bicyclic) bond motifs is 2. The fourth-order valence-corrected chi connectivity index (χ4v) is 3.68. The van der Waals surface area contributed by atoms with Crippen LogP contribution < -0.4 is 15.6 Å². The van der Waals surface area contributed by atoms with Crippen LogP contribution in [0, 0.1) is 0 Å². The molecule has 168 valence electrons. The molecule has 5 heterocycles. The van der Waals surface area contributed by atoms with Gasteiger partial charge in [0.1, 0.15) is 28.5 Å². The molecule has 0 amide bonds. The highest BCUT2D eigenvalue weighted by atomic mass is 16.5. The summed E-state index contributed by atoms with van der Waals surface area (Å²) in [6.45, 7) is 0.270. The predicted octanol–water partition coefficient (Wildman–Crippen LogP) is 1.80. The molecule has 0 aliphatic carbocycles. The molecule has 1 atom stereocenters. The van der Waals surface area contributed by atoms with Crippen LogP contribution in [-0.4, -0.2) is 60.5 Å². The van der Waals surface area contributed by atoms with Crippen molar-refractivity contribution in [1.82, 2.24) is 39.7 Å². The van der Waals surface area contributed by atoms with Crippen LogP contribution >= 0.6 is 0 Å². The van der Waals surface area contributed by atoms with Crippen molar-refractivity contribution in [2.75, 3.05) is 26.1 Å². The van der Waals surface area contributed by atoms with Gasteiger partial charge in [0.15, 0.2) is 5.82 Å². The molecule has 0 unspecified atom stereocenters. The van der Waals surface area contributed by atoms with Gasteiger partial charge in [-0.2, -0.15) is 5.10 Å². The van der Waals surface area contributed by atoms with E-state index in [0.717, 1.165) is 0 Å². The first-order chi connectivity index (χ1) is 16.1. The first-order valence-electron chi connectivity index (χ1n) is 10.1. The van der Waals surface area contributed by atoms with Gasteiger partial charge in [0.05, 0.1) is 36.6 Å². The lowest BCUT2D eigenvalue weighted by Gasteiger charge is -2.19. The van der Waals surface area contributed by atoms with Gasteiger partial charge in [0.2, 0.25) is 5.88 Å². The lowest BCUT2D eigenvalue weighted by molar-refractivity contribution is 0.184. The van der Waals surface area contributed by atoms with E-state index >= 15 is 0 Å². The average molecular weight is 447 g/mol. The lowest BCUT2D eigenvalue weighted by Crippen LogP contribution is -2.22. The molecule has 33 heavy (non-hydrogen) atoms. The Kier molecular flexibility index (Phi) is 5.18. The van der Waals surface area contributed by atoms with Gasteiger partial charge < -0.3 is 24.8 Å². The van der Waals surface area contributed by atoms with Crippen molar-refractivity contribution in [3.8, 4) is 17.3 Å². The Morgan fingerprint density at radius 1 is 1.15 bits per heavy atom. The predicted molar refractivity (Wildman–Crippen MR) is 121 cm³/mol. The number of nitrogens with one attached hydrogen (secondary N) is 3.